The minimum absolute atomic E-state index is 0.106. The maximum Gasteiger partial charge on any atom is 0.350 e. The van der Waals surface area contributed by atoms with Gasteiger partial charge in [0.15, 0.2) is 17.2 Å². The van der Waals surface area contributed by atoms with Gasteiger partial charge < -0.3 is 9.57 Å². The maximum absolute atomic E-state index is 13.4. The highest BCUT2D eigenvalue weighted by Crippen LogP contribution is 2.53. The van der Waals surface area contributed by atoms with E-state index in [-0.39, 0.29) is 12.4 Å². The fraction of sp³-hybridized carbons (Fsp3) is 0.211. The van der Waals surface area contributed by atoms with Crippen LogP contribution in [0.1, 0.15) is 22.8 Å². The molecule has 0 aliphatic carbocycles. The van der Waals surface area contributed by atoms with Crippen LogP contribution in [0.25, 0.3) is 0 Å². The molecule has 0 unspecified atom stereocenters. The number of carbonyl (C=O) groups is 3. The van der Waals surface area contributed by atoms with Crippen LogP contribution in [-0.4, -0.2) is 24.3 Å². The molecule has 6 nitrogen and oxygen atoms in total. The second kappa shape index (κ2) is 5.44. The van der Waals surface area contributed by atoms with Gasteiger partial charge in [0.2, 0.25) is 0 Å². The SMILES string of the molecule is CCOC(=O)[C@H]1C(=O)ON2c3ccccc3C(=O)[C@@]12c1ccccc1. The molecular weight excluding hydrogens is 322 g/mol. The number of fused-ring (bicyclic) bond motifs is 3. The molecule has 2 aliphatic heterocycles. The number of nitrogens with zero attached hydrogens (tertiary/aromatic N) is 1. The summed E-state index contributed by atoms with van der Waals surface area (Å²) >= 11 is 0. The highest BCUT2D eigenvalue weighted by Gasteiger charge is 2.69. The number of anilines is 1. The fourth-order valence-electron chi connectivity index (χ4n) is 3.61. The van der Waals surface area contributed by atoms with Crippen LogP contribution in [-0.2, 0) is 24.7 Å². The van der Waals surface area contributed by atoms with E-state index in [2.05, 4.69) is 0 Å². The van der Waals surface area contributed by atoms with Crippen LogP contribution in [0.4, 0.5) is 5.69 Å². The number of Topliss-reactive ketones (excluding diaryl/α,β-unsaturated/α-hetero) is 1. The van der Waals surface area contributed by atoms with Gasteiger partial charge in [0.05, 0.1) is 12.3 Å². The van der Waals surface area contributed by atoms with Gasteiger partial charge in [0.1, 0.15) is 0 Å². The number of hydrogen-bond acceptors (Lipinski definition) is 6. The van der Waals surface area contributed by atoms with E-state index in [1.807, 2.05) is 0 Å². The first kappa shape index (κ1) is 15.4. The summed E-state index contributed by atoms with van der Waals surface area (Å²) in [6.45, 7) is 1.75. The van der Waals surface area contributed by atoms with E-state index in [4.69, 9.17) is 9.57 Å². The molecule has 2 aliphatic rings. The van der Waals surface area contributed by atoms with Gasteiger partial charge in [-0.25, -0.2) is 4.79 Å². The van der Waals surface area contributed by atoms with E-state index in [0.29, 0.717) is 16.8 Å². The summed E-state index contributed by atoms with van der Waals surface area (Å²) in [7, 11) is 0. The lowest BCUT2D eigenvalue weighted by atomic mass is 9.75. The average molecular weight is 337 g/mol. The molecule has 25 heavy (non-hydrogen) atoms. The first-order valence-corrected chi connectivity index (χ1v) is 8.00. The minimum atomic E-state index is -1.58. The Morgan fingerprint density at radius 3 is 2.52 bits per heavy atom. The Kier molecular flexibility index (Phi) is 3.35. The Morgan fingerprint density at radius 1 is 1.12 bits per heavy atom. The monoisotopic (exact) mass is 337 g/mol. The normalized spacial score (nSPS) is 23.9. The highest BCUT2D eigenvalue weighted by atomic mass is 16.7. The predicted molar refractivity (Wildman–Crippen MR) is 87.6 cm³/mol. The predicted octanol–water partition coefficient (Wildman–Crippen LogP) is 2.24. The number of para-hydroxylation sites is 1. The summed E-state index contributed by atoms with van der Waals surface area (Å²) in [6.07, 6.45) is 0. The molecule has 4 rings (SSSR count). The third-order valence-corrected chi connectivity index (χ3v) is 4.60. The van der Waals surface area contributed by atoms with Gasteiger partial charge in [-0.05, 0) is 24.6 Å². The van der Waals surface area contributed by atoms with Crippen molar-refractivity contribution in [3.05, 3.63) is 65.7 Å². The summed E-state index contributed by atoms with van der Waals surface area (Å²) in [4.78, 5) is 43.9. The largest absolute Gasteiger partial charge is 0.465 e. The van der Waals surface area contributed by atoms with Crippen LogP contribution >= 0.6 is 0 Å². The number of benzene rings is 2. The summed E-state index contributed by atoms with van der Waals surface area (Å²) in [6, 6.07) is 15.6. The van der Waals surface area contributed by atoms with Gasteiger partial charge in [0.25, 0.3) is 0 Å². The second-order valence-electron chi connectivity index (χ2n) is 5.87. The van der Waals surface area contributed by atoms with Gasteiger partial charge in [-0.3, -0.25) is 9.59 Å². The molecule has 1 saturated heterocycles. The lowest BCUT2D eigenvalue weighted by molar-refractivity contribution is -0.156. The number of ether oxygens (including phenoxy) is 1. The molecule has 2 heterocycles. The van der Waals surface area contributed by atoms with E-state index in [1.54, 1.807) is 61.5 Å². The van der Waals surface area contributed by atoms with Crippen molar-refractivity contribution in [3.8, 4) is 0 Å². The third-order valence-electron chi connectivity index (χ3n) is 4.60. The van der Waals surface area contributed by atoms with E-state index >= 15 is 0 Å². The molecule has 2 aromatic carbocycles. The number of hydroxylamine groups is 1. The average Bonchev–Trinajstić information content (AvgIpc) is 3.07. The number of ketones is 1. The van der Waals surface area contributed by atoms with Crippen LogP contribution in [0, 0.1) is 5.92 Å². The van der Waals surface area contributed by atoms with E-state index < -0.39 is 23.4 Å². The molecule has 1 fully saturated rings. The lowest BCUT2D eigenvalue weighted by Gasteiger charge is -2.31. The molecule has 0 amide bonds. The van der Waals surface area contributed by atoms with Crippen molar-refractivity contribution in [2.75, 3.05) is 11.7 Å². The molecule has 0 spiro atoms. The number of carbonyl (C=O) groups excluding carboxylic acids is 3. The second-order valence-corrected chi connectivity index (χ2v) is 5.87. The zero-order valence-corrected chi connectivity index (χ0v) is 13.5. The van der Waals surface area contributed by atoms with Crippen molar-refractivity contribution in [3.63, 3.8) is 0 Å². The minimum Gasteiger partial charge on any atom is -0.465 e. The van der Waals surface area contributed by atoms with Crippen molar-refractivity contribution in [2.24, 2.45) is 5.92 Å². The fourth-order valence-corrected chi connectivity index (χ4v) is 3.61. The number of rotatable bonds is 3. The van der Waals surface area contributed by atoms with Crippen molar-refractivity contribution < 1.29 is 24.0 Å². The quantitative estimate of drug-likeness (QED) is 0.632. The van der Waals surface area contributed by atoms with Gasteiger partial charge in [-0.15, -0.1) is 0 Å². The Balaban J connectivity index is 1.99. The lowest BCUT2D eigenvalue weighted by Crippen LogP contribution is -2.50. The summed E-state index contributed by atoms with van der Waals surface area (Å²) in [5.41, 5.74) is -0.182. The van der Waals surface area contributed by atoms with Crippen molar-refractivity contribution in [1.29, 1.82) is 0 Å². The van der Waals surface area contributed by atoms with Crippen LogP contribution in [0.5, 0.6) is 0 Å². The third kappa shape index (κ3) is 1.88. The van der Waals surface area contributed by atoms with E-state index in [9.17, 15) is 14.4 Å². The highest BCUT2D eigenvalue weighted by molar-refractivity contribution is 6.21. The topological polar surface area (TPSA) is 72.9 Å². The first-order chi connectivity index (χ1) is 12.1. The van der Waals surface area contributed by atoms with E-state index in [0.717, 1.165) is 0 Å². The molecule has 0 saturated carbocycles. The zero-order valence-electron chi connectivity index (χ0n) is 13.5. The molecule has 126 valence electrons. The van der Waals surface area contributed by atoms with Crippen molar-refractivity contribution in [1.82, 2.24) is 0 Å². The first-order valence-electron chi connectivity index (χ1n) is 8.00. The molecule has 0 aromatic heterocycles. The van der Waals surface area contributed by atoms with Crippen LogP contribution < -0.4 is 5.06 Å². The molecule has 0 N–H and O–H groups in total. The molecule has 0 bridgehead atoms. The molecule has 6 heteroatoms. The summed E-state index contributed by atoms with van der Waals surface area (Å²) < 4.78 is 5.08. The molecule has 2 aromatic rings. The standard InChI is InChI=1S/C19H15NO5/c1-2-24-17(22)15-18(23)25-20-14-11-7-6-10-13(14)16(21)19(15,20)12-8-4-3-5-9-12/h3-11,15H,2H2,1H3/t15-,19+/m0/s1. The van der Waals surface area contributed by atoms with Gasteiger partial charge in [-0.2, -0.15) is 5.06 Å². The van der Waals surface area contributed by atoms with Crippen LogP contribution in [0.2, 0.25) is 0 Å². The van der Waals surface area contributed by atoms with Gasteiger partial charge in [-0.1, -0.05) is 42.5 Å². The Hall–Kier alpha value is -3.15. The number of hydrogen-bond donors (Lipinski definition) is 0. The van der Waals surface area contributed by atoms with Gasteiger partial charge in [0, 0.05) is 5.56 Å². The Bertz CT molecular complexity index is 878. The van der Waals surface area contributed by atoms with Gasteiger partial charge >= 0.3 is 11.9 Å². The van der Waals surface area contributed by atoms with Crippen molar-refractivity contribution >= 4 is 23.4 Å². The smallest absolute Gasteiger partial charge is 0.350 e. The van der Waals surface area contributed by atoms with Crippen LogP contribution in [0.15, 0.2) is 54.6 Å². The Morgan fingerprint density at radius 2 is 1.80 bits per heavy atom. The van der Waals surface area contributed by atoms with Crippen LogP contribution in [0.3, 0.4) is 0 Å². The Labute approximate surface area is 143 Å². The maximum atomic E-state index is 13.4. The summed E-state index contributed by atoms with van der Waals surface area (Å²) in [5.74, 6) is -3.28. The number of esters is 1. The molecular formula is C19H15NO5. The van der Waals surface area contributed by atoms with Crippen molar-refractivity contribution in [2.45, 2.75) is 12.5 Å². The zero-order chi connectivity index (χ0) is 17.6. The summed E-state index contributed by atoms with van der Waals surface area (Å²) in [5, 5.41) is 1.27. The van der Waals surface area contributed by atoms with E-state index in [1.165, 1.54) is 5.06 Å². The molecule has 0 radical (unpaired) electrons. The molecule has 2 atom stereocenters.